The van der Waals surface area contributed by atoms with Crippen LogP contribution in [0.3, 0.4) is 0 Å². The van der Waals surface area contributed by atoms with E-state index < -0.39 is 16.2 Å². The lowest BCUT2D eigenvalue weighted by Gasteiger charge is -2.51. The fourth-order valence-corrected chi connectivity index (χ4v) is 4.20. The molecular weight excluding hydrogens is 288 g/mol. The van der Waals surface area contributed by atoms with Crippen molar-refractivity contribution in [1.29, 1.82) is 0 Å². The van der Waals surface area contributed by atoms with Gasteiger partial charge in [-0.3, -0.25) is 9.11 Å². The first kappa shape index (κ1) is 14.2. The quantitative estimate of drug-likeness (QED) is 0.808. The minimum absolute atomic E-state index is 0.325. The summed E-state index contributed by atoms with van der Waals surface area (Å²) in [6.07, 6.45) is 0.375. The van der Waals surface area contributed by atoms with Gasteiger partial charge in [-0.2, -0.15) is 0 Å². The summed E-state index contributed by atoms with van der Waals surface area (Å²) in [5.41, 5.74) is 6.21. The van der Waals surface area contributed by atoms with Crippen molar-refractivity contribution in [3.63, 3.8) is 0 Å². The van der Waals surface area contributed by atoms with E-state index in [0.29, 0.717) is 24.4 Å². The van der Waals surface area contributed by atoms with Crippen LogP contribution in [0.25, 0.3) is 0 Å². The summed E-state index contributed by atoms with van der Waals surface area (Å²) in [4.78, 5) is 0. The zero-order valence-electron chi connectivity index (χ0n) is 11.4. The fraction of sp³-hybridized carbons (Fsp3) is 0.200. The molecule has 0 unspecified atom stereocenters. The van der Waals surface area contributed by atoms with Crippen LogP contribution >= 0.6 is 10.8 Å². The Balaban J connectivity index is 2.13. The van der Waals surface area contributed by atoms with Crippen molar-refractivity contribution in [3.05, 3.63) is 54.6 Å². The van der Waals surface area contributed by atoms with E-state index in [2.05, 4.69) is 0 Å². The van der Waals surface area contributed by atoms with Gasteiger partial charge < -0.3 is 10.5 Å². The zero-order chi connectivity index (χ0) is 14.9. The van der Waals surface area contributed by atoms with Gasteiger partial charge in [-0.05, 0) is 30.8 Å². The summed E-state index contributed by atoms with van der Waals surface area (Å²) in [5, 5.41) is 0. The Hall–Kier alpha value is -1.73. The molecule has 1 aliphatic rings. The molecule has 1 heterocycles. The van der Waals surface area contributed by atoms with Gasteiger partial charge in [-0.25, -0.2) is 4.31 Å². The number of fused-ring (bicyclic) bond motifs is 1. The number of ether oxygens (including phenoxy) is 1. The molecule has 1 atom stereocenters. The molecule has 1 aliphatic heterocycles. The average Bonchev–Trinajstić information content (AvgIpc) is 2.49. The standard InChI is InChI=1S/C15H18N2O3S/c16-11-10-15-20-14-9-5-4-8-13(14)17(21(15,18)19)12-6-2-1-3-7-12/h1-9,15,18-19H,10-11,16H2/t15-/m1/s1. The number of para-hydroxylation sites is 3. The Labute approximate surface area is 125 Å². The molecule has 2 aromatic carbocycles. The number of nitrogens with zero attached hydrogens (tertiary/aromatic N) is 1. The molecule has 0 aliphatic carbocycles. The Morgan fingerprint density at radius 3 is 2.43 bits per heavy atom. The molecule has 2 aromatic rings. The van der Waals surface area contributed by atoms with Crippen LogP contribution < -0.4 is 14.8 Å². The fourth-order valence-electron chi connectivity index (χ4n) is 2.40. The Morgan fingerprint density at radius 2 is 1.71 bits per heavy atom. The van der Waals surface area contributed by atoms with Gasteiger partial charge in [-0.15, -0.1) is 0 Å². The molecule has 5 nitrogen and oxygen atoms in total. The molecule has 21 heavy (non-hydrogen) atoms. The summed E-state index contributed by atoms with van der Waals surface area (Å²) in [6.45, 7) is 0.325. The maximum Gasteiger partial charge on any atom is 0.207 e. The summed E-state index contributed by atoms with van der Waals surface area (Å²) < 4.78 is 28.7. The lowest BCUT2D eigenvalue weighted by molar-refractivity contribution is 0.241. The van der Waals surface area contributed by atoms with E-state index in [-0.39, 0.29) is 0 Å². The van der Waals surface area contributed by atoms with Crippen LogP contribution in [0.2, 0.25) is 0 Å². The number of benzene rings is 2. The number of nitrogens with two attached hydrogens (primary N) is 1. The zero-order valence-corrected chi connectivity index (χ0v) is 12.2. The topological polar surface area (TPSA) is 79.0 Å². The van der Waals surface area contributed by atoms with Crippen LogP contribution in [-0.2, 0) is 0 Å². The van der Waals surface area contributed by atoms with E-state index >= 15 is 0 Å². The van der Waals surface area contributed by atoms with E-state index in [1.165, 1.54) is 0 Å². The second-order valence-corrected chi connectivity index (χ2v) is 6.80. The van der Waals surface area contributed by atoms with Gasteiger partial charge in [0.2, 0.25) is 5.44 Å². The average molecular weight is 306 g/mol. The lowest BCUT2D eigenvalue weighted by Crippen LogP contribution is -2.40. The molecule has 6 heteroatoms. The highest BCUT2D eigenvalue weighted by Crippen LogP contribution is 2.61. The number of anilines is 2. The van der Waals surface area contributed by atoms with Crippen LogP contribution in [0.1, 0.15) is 6.42 Å². The van der Waals surface area contributed by atoms with Gasteiger partial charge in [-0.1, -0.05) is 41.1 Å². The summed E-state index contributed by atoms with van der Waals surface area (Å²) in [6, 6.07) is 16.6. The Kier molecular flexibility index (Phi) is 3.77. The monoisotopic (exact) mass is 306 g/mol. The normalized spacial score (nSPS) is 21.3. The van der Waals surface area contributed by atoms with Crippen molar-refractivity contribution < 1.29 is 13.8 Å². The highest BCUT2D eigenvalue weighted by molar-refractivity contribution is 8.26. The van der Waals surface area contributed by atoms with Crippen molar-refractivity contribution in [2.75, 3.05) is 10.8 Å². The maximum absolute atomic E-state index is 10.7. The highest BCUT2D eigenvalue weighted by atomic mass is 32.3. The van der Waals surface area contributed by atoms with E-state index in [1.807, 2.05) is 54.6 Å². The third kappa shape index (κ3) is 2.47. The third-order valence-corrected chi connectivity index (χ3v) is 5.34. The second-order valence-electron chi connectivity index (χ2n) is 4.78. The lowest BCUT2D eigenvalue weighted by atomic mass is 10.2. The molecule has 112 valence electrons. The van der Waals surface area contributed by atoms with Crippen LogP contribution in [0, 0.1) is 0 Å². The van der Waals surface area contributed by atoms with Gasteiger partial charge in [0.25, 0.3) is 0 Å². The first-order chi connectivity index (χ1) is 10.1. The molecule has 0 saturated carbocycles. The molecule has 0 saturated heterocycles. The van der Waals surface area contributed by atoms with E-state index in [1.54, 1.807) is 4.31 Å². The van der Waals surface area contributed by atoms with E-state index in [9.17, 15) is 9.11 Å². The number of hydrogen-bond acceptors (Lipinski definition) is 5. The van der Waals surface area contributed by atoms with Crippen molar-refractivity contribution >= 4 is 22.2 Å². The minimum atomic E-state index is -3.16. The number of rotatable bonds is 3. The minimum Gasteiger partial charge on any atom is -0.466 e. The molecule has 0 spiro atoms. The molecule has 0 aromatic heterocycles. The van der Waals surface area contributed by atoms with Crippen LogP contribution in [0.4, 0.5) is 11.4 Å². The van der Waals surface area contributed by atoms with Crippen LogP contribution in [0.15, 0.2) is 54.6 Å². The first-order valence-corrected chi connectivity index (χ1v) is 8.29. The molecular formula is C15H18N2O3S. The summed E-state index contributed by atoms with van der Waals surface area (Å²) in [7, 11) is -3.16. The van der Waals surface area contributed by atoms with Gasteiger partial charge in [0.05, 0.1) is 5.69 Å². The largest absolute Gasteiger partial charge is 0.466 e. The van der Waals surface area contributed by atoms with Gasteiger partial charge in [0.15, 0.2) is 0 Å². The molecule has 4 N–H and O–H groups in total. The highest BCUT2D eigenvalue weighted by Gasteiger charge is 2.40. The van der Waals surface area contributed by atoms with E-state index in [0.717, 1.165) is 5.69 Å². The van der Waals surface area contributed by atoms with Gasteiger partial charge in [0.1, 0.15) is 11.4 Å². The molecule has 0 radical (unpaired) electrons. The molecule has 0 amide bonds. The van der Waals surface area contributed by atoms with Crippen molar-refractivity contribution in [1.82, 2.24) is 0 Å². The molecule has 0 fully saturated rings. The van der Waals surface area contributed by atoms with Crippen LogP contribution in [0.5, 0.6) is 5.75 Å². The van der Waals surface area contributed by atoms with Crippen molar-refractivity contribution in [3.8, 4) is 5.75 Å². The van der Waals surface area contributed by atoms with Gasteiger partial charge in [0, 0.05) is 6.42 Å². The predicted molar refractivity (Wildman–Crippen MR) is 86.0 cm³/mol. The van der Waals surface area contributed by atoms with Gasteiger partial charge >= 0.3 is 0 Å². The maximum atomic E-state index is 10.7. The number of hydrogen-bond donors (Lipinski definition) is 3. The SMILES string of the molecule is NCC[C@@H]1Oc2ccccc2N(c2ccccc2)S1(O)O. The second kappa shape index (κ2) is 5.57. The summed E-state index contributed by atoms with van der Waals surface area (Å²) >= 11 is 0. The van der Waals surface area contributed by atoms with Crippen molar-refractivity contribution in [2.45, 2.75) is 11.9 Å². The first-order valence-electron chi connectivity index (χ1n) is 6.72. The van der Waals surface area contributed by atoms with E-state index in [4.69, 9.17) is 10.5 Å². The summed E-state index contributed by atoms with van der Waals surface area (Å²) in [5.74, 6) is 0.631. The molecule has 0 bridgehead atoms. The Morgan fingerprint density at radius 1 is 1.05 bits per heavy atom. The Bertz CT molecular complexity index is 621. The predicted octanol–water partition coefficient (Wildman–Crippen LogP) is 3.56. The smallest absolute Gasteiger partial charge is 0.207 e. The third-order valence-electron chi connectivity index (χ3n) is 3.36. The van der Waals surface area contributed by atoms with Crippen molar-refractivity contribution in [2.24, 2.45) is 5.73 Å². The molecule has 3 rings (SSSR count). The van der Waals surface area contributed by atoms with Crippen LogP contribution in [-0.4, -0.2) is 21.1 Å².